The molecule has 1 aromatic carbocycles. The Morgan fingerprint density at radius 2 is 1.89 bits per heavy atom. The van der Waals surface area contributed by atoms with Crippen molar-refractivity contribution in [1.29, 1.82) is 0 Å². The summed E-state index contributed by atoms with van der Waals surface area (Å²) in [4.78, 5) is 4.62. The monoisotopic (exact) mass is 257 g/mol. The van der Waals surface area contributed by atoms with Gasteiger partial charge in [-0.3, -0.25) is 0 Å². The van der Waals surface area contributed by atoms with Gasteiger partial charge in [-0.05, 0) is 30.7 Å². The molecule has 2 heterocycles. The third kappa shape index (κ3) is 1.83. The van der Waals surface area contributed by atoms with Crippen LogP contribution in [-0.4, -0.2) is 9.38 Å². The zero-order valence-electron chi connectivity index (χ0n) is 9.89. The summed E-state index contributed by atoms with van der Waals surface area (Å²) in [5, 5.41) is 0.725. The van der Waals surface area contributed by atoms with Crippen LogP contribution in [0.25, 0.3) is 16.9 Å². The number of hydrogen-bond acceptors (Lipinski definition) is 2. The Balaban J connectivity index is 2.19. The van der Waals surface area contributed by atoms with Gasteiger partial charge in [-0.1, -0.05) is 23.7 Å². The Morgan fingerprint density at radius 3 is 2.61 bits per heavy atom. The zero-order chi connectivity index (χ0) is 12.7. The van der Waals surface area contributed by atoms with Crippen molar-refractivity contribution in [2.75, 3.05) is 5.73 Å². The molecule has 0 amide bonds. The quantitative estimate of drug-likeness (QED) is 0.725. The number of hydrogen-bond donors (Lipinski definition) is 1. The number of benzene rings is 1. The van der Waals surface area contributed by atoms with Gasteiger partial charge in [-0.2, -0.15) is 0 Å². The summed E-state index contributed by atoms with van der Waals surface area (Å²) in [5.74, 6) is 0. The molecule has 3 rings (SSSR count). The molecule has 0 atom stereocenters. The second-order valence-corrected chi connectivity index (χ2v) is 4.76. The maximum Gasteiger partial charge on any atom is 0.140 e. The molecule has 2 aromatic heterocycles. The van der Waals surface area contributed by atoms with Crippen molar-refractivity contribution in [1.82, 2.24) is 9.38 Å². The highest BCUT2D eigenvalue weighted by atomic mass is 35.5. The van der Waals surface area contributed by atoms with Gasteiger partial charge in [-0.25, -0.2) is 4.98 Å². The van der Waals surface area contributed by atoms with Crippen LogP contribution in [0.15, 0.2) is 42.7 Å². The highest BCUT2D eigenvalue weighted by Crippen LogP contribution is 2.23. The molecule has 0 spiro atoms. The fraction of sp³-hybridized carbons (Fsp3) is 0.0714. The van der Waals surface area contributed by atoms with E-state index in [-0.39, 0.29) is 0 Å². The van der Waals surface area contributed by atoms with E-state index in [1.165, 1.54) is 0 Å². The van der Waals surface area contributed by atoms with Gasteiger partial charge in [0.25, 0.3) is 0 Å². The third-order valence-corrected chi connectivity index (χ3v) is 3.15. The highest BCUT2D eigenvalue weighted by Gasteiger charge is 2.06. The lowest BCUT2D eigenvalue weighted by molar-refractivity contribution is 1.17. The smallest absolute Gasteiger partial charge is 0.140 e. The lowest BCUT2D eigenvalue weighted by Gasteiger charge is -1.98. The molecular weight excluding hydrogens is 246 g/mol. The molecule has 0 aliphatic rings. The Kier molecular flexibility index (Phi) is 2.49. The number of pyridine rings is 1. The van der Waals surface area contributed by atoms with Gasteiger partial charge in [0.2, 0.25) is 0 Å². The Labute approximate surface area is 110 Å². The Bertz CT molecular complexity index is 714. The van der Waals surface area contributed by atoms with Gasteiger partial charge >= 0.3 is 0 Å². The molecule has 0 bridgehead atoms. The van der Waals surface area contributed by atoms with Gasteiger partial charge in [0.15, 0.2) is 0 Å². The molecule has 90 valence electrons. The van der Waals surface area contributed by atoms with E-state index < -0.39 is 0 Å². The third-order valence-electron chi connectivity index (χ3n) is 2.90. The first kappa shape index (κ1) is 11.1. The normalized spacial score (nSPS) is 11.0. The molecule has 0 saturated carbocycles. The van der Waals surface area contributed by atoms with E-state index in [0.29, 0.717) is 0 Å². The molecule has 0 aliphatic carbocycles. The minimum absolute atomic E-state index is 0.725. The topological polar surface area (TPSA) is 43.3 Å². The molecule has 18 heavy (non-hydrogen) atoms. The molecule has 3 nitrogen and oxygen atoms in total. The second-order valence-electron chi connectivity index (χ2n) is 4.32. The van der Waals surface area contributed by atoms with E-state index in [0.717, 1.165) is 33.2 Å². The number of nitrogen functional groups attached to an aromatic ring is 1. The van der Waals surface area contributed by atoms with Crippen LogP contribution in [0.5, 0.6) is 0 Å². The molecule has 0 fully saturated rings. The highest BCUT2D eigenvalue weighted by molar-refractivity contribution is 6.30. The number of halogens is 1. The molecule has 0 unspecified atom stereocenters. The van der Waals surface area contributed by atoms with Crippen molar-refractivity contribution in [3.63, 3.8) is 0 Å². The van der Waals surface area contributed by atoms with Crippen LogP contribution in [0.4, 0.5) is 5.69 Å². The number of nitrogens with two attached hydrogens (primary N) is 1. The summed E-state index contributed by atoms with van der Waals surface area (Å²) in [6.45, 7) is 2.00. The summed E-state index contributed by atoms with van der Waals surface area (Å²) < 4.78 is 1.95. The van der Waals surface area contributed by atoms with Crippen molar-refractivity contribution in [3.8, 4) is 11.3 Å². The number of rotatable bonds is 1. The lowest BCUT2D eigenvalue weighted by atomic mass is 10.2. The van der Waals surface area contributed by atoms with Crippen LogP contribution in [0, 0.1) is 6.92 Å². The van der Waals surface area contributed by atoms with E-state index in [9.17, 15) is 0 Å². The minimum Gasteiger partial charge on any atom is -0.398 e. The molecule has 0 saturated heterocycles. The summed E-state index contributed by atoms with van der Waals surface area (Å²) in [7, 11) is 0. The number of aromatic nitrogens is 2. The number of aryl methyl sites for hydroxylation is 1. The molecule has 3 aromatic rings. The standard InChI is InChI=1S/C14H12ClN3/c1-9-6-12(16)7-18-8-13(17-14(9)18)10-2-4-11(15)5-3-10/h2-8H,16H2,1H3. The lowest BCUT2D eigenvalue weighted by Crippen LogP contribution is -1.92. The Hall–Kier alpha value is -2.00. The van der Waals surface area contributed by atoms with E-state index in [2.05, 4.69) is 4.98 Å². The number of anilines is 1. The fourth-order valence-corrected chi connectivity index (χ4v) is 2.18. The van der Waals surface area contributed by atoms with E-state index >= 15 is 0 Å². The van der Waals surface area contributed by atoms with Gasteiger partial charge in [0, 0.05) is 28.7 Å². The first-order valence-corrected chi connectivity index (χ1v) is 6.02. The predicted octanol–water partition coefficient (Wildman–Crippen LogP) is 3.55. The van der Waals surface area contributed by atoms with Crippen LogP contribution >= 0.6 is 11.6 Å². The average Bonchev–Trinajstić information content (AvgIpc) is 2.74. The number of imidazole rings is 1. The average molecular weight is 258 g/mol. The SMILES string of the molecule is Cc1cc(N)cn2cc(-c3ccc(Cl)cc3)nc12. The molecule has 0 aliphatic heterocycles. The maximum absolute atomic E-state index is 5.88. The van der Waals surface area contributed by atoms with Gasteiger partial charge in [0.05, 0.1) is 5.69 Å². The van der Waals surface area contributed by atoms with Crippen LogP contribution in [-0.2, 0) is 0 Å². The van der Waals surface area contributed by atoms with E-state index in [1.807, 2.05) is 54.0 Å². The van der Waals surface area contributed by atoms with Gasteiger partial charge in [0.1, 0.15) is 5.65 Å². The largest absolute Gasteiger partial charge is 0.398 e. The molecule has 4 heteroatoms. The molecule has 0 radical (unpaired) electrons. The van der Waals surface area contributed by atoms with Crippen LogP contribution < -0.4 is 5.73 Å². The second kappa shape index (κ2) is 4.03. The van der Waals surface area contributed by atoms with Crippen molar-refractivity contribution in [2.24, 2.45) is 0 Å². The predicted molar refractivity (Wildman–Crippen MR) is 74.8 cm³/mol. The Morgan fingerprint density at radius 1 is 1.17 bits per heavy atom. The number of fused-ring (bicyclic) bond motifs is 1. The zero-order valence-corrected chi connectivity index (χ0v) is 10.6. The maximum atomic E-state index is 5.88. The van der Waals surface area contributed by atoms with Crippen LogP contribution in [0.1, 0.15) is 5.56 Å². The fourth-order valence-electron chi connectivity index (χ4n) is 2.06. The summed E-state index contributed by atoms with van der Waals surface area (Å²) in [5.41, 5.74) is 10.5. The molecule has 2 N–H and O–H groups in total. The van der Waals surface area contributed by atoms with Gasteiger partial charge in [-0.15, -0.1) is 0 Å². The molecular formula is C14H12ClN3. The van der Waals surface area contributed by atoms with Crippen molar-refractivity contribution in [3.05, 3.63) is 53.3 Å². The van der Waals surface area contributed by atoms with Crippen LogP contribution in [0.2, 0.25) is 5.02 Å². The minimum atomic E-state index is 0.725. The summed E-state index contributed by atoms with van der Waals surface area (Å²) >= 11 is 5.88. The van der Waals surface area contributed by atoms with Crippen molar-refractivity contribution >= 4 is 22.9 Å². The first-order chi connectivity index (χ1) is 8.63. The summed E-state index contributed by atoms with van der Waals surface area (Å²) in [6, 6.07) is 9.57. The van der Waals surface area contributed by atoms with Crippen LogP contribution in [0.3, 0.4) is 0 Å². The summed E-state index contributed by atoms with van der Waals surface area (Å²) in [6.07, 6.45) is 3.84. The first-order valence-electron chi connectivity index (χ1n) is 5.64. The number of nitrogens with zero attached hydrogens (tertiary/aromatic N) is 2. The van der Waals surface area contributed by atoms with Crippen molar-refractivity contribution in [2.45, 2.75) is 6.92 Å². The van der Waals surface area contributed by atoms with Gasteiger partial charge < -0.3 is 10.1 Å². The van der Waals surface area contributed by atoms with Crippen molar-refractivity contribution < 1.29 is 0 Å². The van der Waals surface area contributed by atoms with E-state index in [4.69, 9.17) is 17.3 Å². The van der Waals surface area contributed by atoms with E-state index in [1.54, 1.807) is 0 Å².